The van der Waals surface area contributed by atoms with Gasteiger partial charge in [0.15, 0.2) is 0 Å². The zero-order valence-corrected chi connectivity index (χ0v) is 40.6. The maximum absolute atomic E-state index is 12.1. The molecule has 0 radical (unpaired) electrons. The van der Waals surface area contributed by atoms with Crippen LogP contribution >= 0.6 is 11.3 Å². The van der Waals surface area contributed by atoms with Gasteiger partial charge in [-0.05, 0) is 133 Å². The zero-order valence-electron chi connectivity index (χ0n) is 39.8. The highest BCUT2D eigenvalue weighted by Gasteiger charge is 2.34. The number of fused-ring (bicyclic) bond motifs is 15. The number of aryl methyl sites for hydroxylation is 1. The minimum atomic E-state index is 0.250. The van der Waals surface area contributed by atoms with E-state index in [-0.39, 0.29) is 5.92 Å². The minimum Gasteiger partial charge on any atom is -0.307 e. The van der Waals surface area contributed by atoms with Crippen molar-refractivity contribution in [2.45, 2.75) is 44.4 Å². The van der Waals surface area contributed by atoms with Crippen LogP contribution in [-0.2, 0) is 19.3 Å². The molecule has 2 aliphatic rings. The van der Waals surface area contributed by atoms with Gasteiger partial charge in [0.25, 0.3) is 0 Å². The van der Waals surface area contributed by atoms with Gasteiger partial charge in [0, 0.05) is 58.4 Å². The van der Waals surface area contributed by atoms with Gasteiger partial charge in [-0.15, -0.1) is 11.3 Å². The zero-order chi connectivity index (χ0) is 48.3. The number of nitriles is 2. The van der Waals surface area contributed by atoms with Gasteiger partial charge in [-0.2, -0.15) is 10.5 Å². The summed E-state index contributed by atoms with van der Waals surface area (Å²) in [6, 6.07) is 73.3. The van der Waals surface area contributed by atoms with Crippen molar-refractivity contribution in [2.75, 3.05) is 0 Å². The van der Waals surface area contributed by atoms with Gasteiger partial charge < -0.3 is 13.7 Å². The average Bonchev–Trinajstić information content (AvgIpc) is 4.22. The Hall–Kier alpha value is -9.12. The largest absolute Gasteiger partial charge is 0.307 e. The van der Waals surface area contributed by atoms with E-state index in [9.17, 15) is 10.5 Å². The van der Waals surface area contributed by atoms with Crippen molar-refractivity contribution in [1.29, 1.82) is 10.5 Å². The van der Waals surface area contributed by atoms with Crippen molar-refractivity contribution in [3.05, 3.63) is 227 Å². The number of benzene rings is 8. The maximum atomic E-state index is 12.1. The SMILES string of the molecule is N#Cc1c(C#N)c(-n2c3ccccc3c3cc4sc5ccccc5c4cc32)c(-n2c3c(c4ccccc42)CCC=C3)c(-n2c3ccccc3c3ccccc32)c1CCCC1Cc2ccccc2-c2c#cccc21. The van der Waals surface area contributed by atoms with E-state index in [1.54, 1.807) is 0 Å². The van der Waals surface area contributed by atoms with Gasteiger partial charge in [-0.25, -0.2) is 0 Å². The van der Waals surface area contributed by atoms with Crippen LogP contribution in [0.4, 0.5) is 0 Å². The third kappa shape index (κ3) is 6.01. The first-order valence-electron chi connectivity index (χ1n) is 25.3. The summed E-state index contributed by atoms with van der Waals surface area (Å²) in [6.45, 7) is 0. The second kappa shape index (κ2) is 16.2. The van der Waals surface area contributed by atoms with E-state index in [1.165, 1.54) is 47.8 Å². The lowest BCUT2D eigenvalue weighted by Gasteiger charge is -2.28. The van der Waals surface area contributed by atoms with Crippen LogP contribution in [0, 0.1) is 34.8 Å². The van der Waals surface area contributed by atoms with Crippen molar-refractivity contribution < 1.29 is 0 Å². The predicted molar refractivity (Wildman–Crippen MR) is 301 cm³/mol. The molecule has 13 aromatic rings. The summed E-state index contributed by atoms with van der Waals surface area (Å²) in [5.74, 6) is 0.250. The molecule has 0 spiro atoms. The fraction of sp³-hybridized carbons (Fsp3) is 0.104. The first kappa shape index (κ1) is 41.6. The Labute approximate surface area is 425 Å². The van der Waals surface area contributed by atoms with E-state index in [1.807, 2.05) is 17.4 Å². The van der Waals surface area contributed by atoms with E-state index in [0.717, 1.165) is 109 Å². The molecule has 0 amide bonds. The van der Waals surface area contributed by atoms with Crippen LogP contribution in [0.15, 0.2) is 176 Å². The molecule has 0 saturated heterocycles. The van der Waals surface area contributed by atoms with Gasteiger partial charge in [0.2, 0.25) is 0 Å². The molecular weight excluding hydrogens is 907 g/mol. The van der Waals surface area contributed by atoms with Crippen molar-refractivity contribution in [3.8, 4) is 40.3 Å². The van der Waals surface area contributed by atoms with Crippen LogP contribution in [0.25, 0.3) is 109 Å². The second-order valence-electron chi connectivity index (χ2n) is 19.7. The van der Waals surface area contributed by atoms with Crippen molar-refractivity contribution in [3.63, 3.8) is 0 Å². The molecule has 73 heavy (non-hydrogen) atoms. The van der Waals surface area contributed by atoms with E-state index >= 15 is 0 Å². The summed E-state index contributed by atoms with van der Waals surface area (Å²) in [6.07, 6.45) is 9.60. The van der Waals surface area contributed by atoms with Gasteiger partial charge in [-0.3, -0.25) is 0 Å². The number of hydrogen-bond acceptors (Lipinski definition) is 3. The fourth-order valence-corrected chi connectivity index (χ4v) is 14.1. The van der Waals surface area contributed by atoms with Gasteiger partial charge in [0.05, 0.1) is 55.8 Å². The van der Waals surface area contributed by atoms with E-state index < -0.39 is 0 Å². The molecule has 4 heterocycles. The summed E-state index contributed by atoms with van der Waals surface area (Å²) in [5, 5.41) is 32.1. The normalized spacial score (nSPS) is 14.0. The number of rotatable bonds is 7. The quantitative estimate of drug-likeness (QED) is 0.160. The van der Waals surface area contributed by atoms with Crippen molar-refractivity contribution in [2.24, 2.45) is 0 Å². The lowest BCUT2D eigenvalue weighted by Crippen LogP contribution is -2.17. The lowest BCUT2D eigenvalue weighted by molar-refractivity contribution is 0.583. The smallest absolute Gasteiger partial charge is 0.103 e. The molecule has 0 bridgehead atoms. The molecule has 9 aromatic carbocycles. The Kier molecular flexibility index (Phi) is 9.25. The van der Waals surface area contributed by atoms with Crippen LogP contribution < -0.4 is 0 Å². The molecule has 0 aliphatic heterocycles. The number of allylic oxidation sites excluding steroid dienone is 1. The Morgan fingerprint density at radius 3 is 1.93 bits per heavy atom. The standard InChI is InChI=1S/C67H43N5S/c68-39-55-52(29-17-19-42-36-41-18-1-2-20-43(41)45-22-4-3-21-44(42)45)65(70-57-30-11-5-23-46(57)47-24-6-12-31-58(47)70)67(71-59-32-13-7-25-48(59)49-26-8-14-33-60(49)71)66(56(55)40-69)72-61-34-15-9-27-50(61)53-38-64-54(37-62(53)72)51-28-10-16-35-63(51)73-64/h1-3,5-7,9-16,18,20-21,23-25,27-28,30-35,37-38,42H,8,17,19,26,29,36H2. The molecule has 4 aromatic heterocycles. The highest BCUT2D eigenvalue weighted by Crippen LogP contribution is 2.49. The number of nitrogens with zero attached hydrogens (tertiary/aromatic N) is 5. The molecule has 6 heteroatoms. The topological polar surface area (TPSA) is 62.4 Å². The number of hydrogen-bond donors (Lipinski definition) is 0. The number of aromatic nitrogens is 3. The monoisotopic (exact) mass is 949 g/mol. The van der Waals surface area contributed by atoms with Crippen LogP contribution in [-0.4, -0.2) is 13.7 Å². The molecular formula is C67H43N5S. The highest BCUT2D eigenvalue weighted by molar-refractivity contribution is 7.25. The maximum Gasteiger partial charge on any atom is 0.103 e. The molecule has 5 nitrogen and oxygen atoms in total. The lowest BCUT2D eigenvalue weighted by atomic mass is 9.77. The Morgan fingerprint density at radius 2 is 1.19 bits per heavy atom. The van der Waals surface area contributed by atoms with Crippen LogP contribution in [0.1, 0.15) is 64.3 Å². The molecule has 2 aliphatic carbocycles. The first-order valence-corrected chi connectivity index (χ1v) is 26.2. The summed E-state index contributed by atoms with van der Waals surface area (Å²) in [5.41, 5.74) is 16.7. The Bertz CT molecular complexity index is 4560. The van der Waals surface area contributed by atoms with Crippen molar-refractivity contribution >= 4 is 92.1 Å². The third-order valence-electron chi connectivity index (χ3n) is 16.0. The summed E-state index contributed by atoms with van der Waals surface area (Å²) in [7, 11) is 0. The predicted octanol–water partition coefficient (Wildman–Crippen LogP) is 16.8. The van der Waals surface area contributed by atoms with E-state index in [2.05, 4.69) is 214 Å². The van der Waals surface area contributed by atoms with E-state index in [4.69, 9.17) is 0 Å². The molecule has 0 N–H and O–H groups in total. The second-order valence-corrected chi connectivity index (χ2v) is 20.8. The van der Waals surface area contributed by atoms with Crippen molar-refractivity contribution in [1.82, 2.24) is 13.7 Å². The van der Waals surface area contributed by atoms with E-state index in [0.29, 0.717) is 23.2 Å². The third-order valence-corrected chi connectivity index (χ3v) is 17.2. The van der Waals surface area contributed by atoms with Crippen LogP contribution in [0.5, 0.6) is 0 Å². The molecule has 0 fully saturated rings. The molecule has 1 atom stereocenters. The Morgan fingerprint density at radius 1 is 0.562 bits per heavy atom. The minimum absolute atomic E-state index is 0.250. The molecule has 1 unspecified atom stereocenters. The summed E-state index contributed by atoms with van der Waals surface area (Å²) in [4.78, 5) is 0. The summed E-state index contributed by atoms with van der Waals surface area (Å²) >= 11 is 1.81. The van der Waals surface area contributed by atoms with Crippen LogP contribution in [0.2, 0.25) is 0 Å². The average molecular weight is 950 g/mol. The number of thiophene rings is 1. The van der Waals surface area contributed by atoms with Gasteiger partial charge in [-0.1, -0.05) is 133 Å². The molecule has 342 valence electrons. The van der Waals surface area contributed by atoms with Gasteiger partial charge in [0.1, 0.15) is 12.1 Å². The first-order chi connectivity index (χ1) is 36.2. The number of para-hydroxylation sites is 4. The Balaban J connectivity index is 1.10. The highest BCUT2D eigenvalue weighted by atomic mass is 32.1. The molecule has 15 rings (SSSR count). The van der Waals surface area contributed by atoms with Gasteiger partial charge >= 0.3 is 0 Å². The molecule has 0 saturated carbocycles. The summed E-state index contributed by atoms with van der Waals surface area (Å²) < 4.78 is 9.68. The fourth-order valence-electron chi connectivity index (χ4n) is 13.0. The van der Waals surface area contributed by atoms with Crippen LogP contribution in [0.3, 0.4) is 0 Å².